The quantitative estimate of drug-likeness (QED) is 0.735. The van der Waals surface area contributed by atoms with Crippen LogP contribution < -0.4 is 11.1 Å². The predicted octanol–water partition coefficient (Wildman–Crippen LogP) is 0.313. The van der Waals surface area contributed by atoms with Crippen LogP contribution in [0.4, 0.5) is 10.6 Å². The summed E-state index contributed by atoms with van der Waals surface area (Å²) in [6.45, 7) is 6.64. The van der Waals surface area contributed by atoms with Gasteiger partial charge in [-0.15, -0.1) is 4.68 Å². The Bertz CT molecular complexity index is 490. The van der Waals surface area contributed by atoms with Gasteiger partial charge in [-0.25, -0.2) is 4.79 Å². The van der Waals surface area contributed by atoms with Gasteiger partial charge in [0.05, 0.1) is 6.20 Å². The van der Waals surface area contributed by atoms with Crippen molar-refractivity contribution in [2.24, 2.45) is 5.73 Å². The summed E-state index contributed by atoms with van der Waals surface area (Å²) in [6, 6.07) is 0.684. The summed E-state index contributed by atoms with van der Waals surface area (Å²) in [5.41, 5.74) is 4.74. The lowest BCUT2D eigenvalue weighted by atomic mass is 10.2. The lowest BCUT2D eigenvalue weighted by Crippen LogP contribution is -2.42. The minimum absolute atomic E-state index is 0.101. The number of hydrogen-bond donors (Lipinski definition) is 3. The highest BCUT2D eigenvalue weighted by Gasteiger charge is 2.24. The molecule has 0 aromatic carbocycles. The Morgan fingerprint density at radius 3 is 2.60 bits per heavy atom. The molecule has 0 bridgehead atoms. The minimum Gasteiger partial charge on any atom is -0.442 e. The molecule has 1 heterocycles. The number of aliphatic hydroxyl groups is 1. The summed E-state index contributed by atoms with van der Waals surface area (Å²) in [5.74, 6) is -0.616. The molecule has 0 saturated heterocycles. The van der Waals surface area contributed by atoms with E-state index in [9.17, 15) is 14.7 Å². The fourth-order valence-corrected chi connectivity index (χ4v) is 1.29. The molecular formula is C12H20N4O4. The van der Waals surface area contributed by atoms with Gasteiger partial charge in [0.2, 0.25) is 0 Å². The second-order valence-electron chi connectivity index (χ2n) is 5.40. The average molecular weight is 284 g/mol. The third kappa shape index (κ3) is 4.32. The first-order chi connectivity index (χ1) is 9.11. The molecule has 4 N–H and O–H groups in total. The maximum absolute atomic E-state index is 11.9. The molecule has 1 aromatic heterocycles. The van der Waals surface area contributed by atoms with Crippen molar-refractivity contribution in [1.82, 2.24) is 9.78 Å². The van der Waals surface area contributed by atoms with E-state index in [1.54, 1.807) is 20.8 Å². The number of nitrogens with two attached hydrogens (primary N) is 1. The first-order valence-electron chi connectivity index (χ1n) is 6.13. The number of hydrogen-bond acceptors (Lipinski definition) is 6. The molecule has 0 radical (unpaired) electrons. The van der Waals surface area contributed by atoms with Crippen molar-refractivity contribution < 1.29 is 19.4 Å². The van der Waals surface area contributed by atoms with Gasteiger partial charge in [0, 0.05) is 12.1 Å². The molecule has 112 valence electrons. The number of amides is 1. The minimum atomic E-state index is -1.38. The van der Waals surface area contributed by atoms with E-state index in [1.165, 1.54) is 19.2 Å². The summed E-state index contributed by atoms with van der Waals surface area (Å²) >= 11 is 0. The van der Waals surface area contributed by atoms with E-state index in [2.05, 4.69) is 10.4 Å². The summed E-state index contributed by atoms with van der Waals surface area (Å²) in [4.78, 5) is 23.5. The van der Waals surface area contributed by atoms with Gasteiger partial charge in [-0.1, -0.05) is 0 Å². The number of carbonyl (C=O) groups is 2. The van der Waals surface area contributed by atoms with Crippen molar-refractivity contribution in [3.05, 3.63) is 12.3 Å². The summed E-state index contributed by atoms with van der Waals surface area (Å²) in [7, 11) is 0. The highest BCUT2D eigenvalue weighted by Crippen LogP contribution is 2.13. The number of nitrogens with one attached hydrogen (secondary N) is 1. The molecule has 1 rings (SSSR count). The highest BCUT2D eigenvalue weighted by molar-refractivity contribution is 5.95. The van der Waals surface area contributed by atoms with Crippen LogP contribution in [0.1, 0.15) is 27.7 Å². The van der Waals surface area contributed by atoms with E-state index in [-0.39, 0.29) is 5.82 Å². The number of anilines is 1. The van der Waals surface area contributed by atoms with Crippen molar-refractivity contribution in [3.63, 3.8) is 0 Å². The Morgan fingerprint density at radius 2 is 2.10 bits per heavy atom. The monoisotopic (exact) mass is 284 g/mol. The smallest absolute Gasteiger partial charge is 0.437 e. The molecule has 2 atom stereocenters. The maximum Gasteiger partial charge on any atom is 0.437 e. The molecule has 20 heavy (non-hydrogen) atoms. The molecule has 1 unspecified atom stereocenters. The van der Waals surface area contributed by atoms with E-state index in [1.807, 2.05) is 0 Å². The number of ether oxygens (including phenoxy) is 1. The predicted molar refractivity (Wildman–Crippen MR) is 72.1 cm³/mol. The Balaban J connectivity index is 2.82. The Labute approximate surface area is 116 Å². The van der Waals surface area contributed by atoms with Crippen molar-refractivity contribution in [1.29, 1.82) is 0 Å². The lowest BCUT2D eigenvalue weighted by molar-refractivity contribution is -0.124. The van der Waals surface area contributed by atoms with Crippen LogP contribution in [0, 0.1) is 0 Å². The fourth-order valence-electron chi connectivity index (χ4n) is 1.29. The van der Waals surface area contributed by atoms with Gasteiger partial charge in [0.15, 0.2) is 0 Å². The van der Waals surface area contributed by atoms with Crippen molar-refractivity contribution in [2.75, 3.05) is 5.32 Å². The molecule has 0 aliphatic rings. The molecule has 0 spiro atoms. The van der Waals surface area contributed by atoms with Gasteiger partial charge in [0.1, 0.15) is 17.5 Å². The zero-order valence-electron chi connectivity index (χ0n) is 12.0. The van der Waals surface area contributed by atoms with E-state index < -0.39 is 29.7 Å². The van der Waals surface area contributed by atoms with Gasteiger partial charge in [-0.05, 0) is 27.7 Å². The topological polar surface area (TPSA) is 119 Å². The third-order valence-electron chi connectivity index (χ3n) is 2.23. The molecule has 0 fully saturated rings. The largest absolute Gasteiger partial charge is 0.442 e. The molecule has 8 heteroatoms. The lowest BCUT2D eigenvalue weighted by Gasteiger charge is -2.20. The number of aromatic nitrogens is 2. The first-order valence-corrected chi connectivity index (χ1v) is 6.13. The zero-order chi connectivity index (χ0) is 15.5. The maximum atomic E-state index is 11.9. The molecule has 1 amide bonds. The third-order valence-corrected chi connectivity index (χ3v) is 2.23. The molecular weight excluding hydrogens is 264 g/mol. The van der Waals surface area contributed by atoms with Crippen molar-refractivity contribution in [3.8, 4) is 0 Å². The van der Waals surface area contributed by atoms with Gasteiger partial charge >= 0.3 is 6.09 Å². The van der Waals surface area contributed by atoms with Gasteiger partial charge in [0.25, 0.3) is 5.91 Å². The van der Waals surface area contributed by atoms with Crippen LogP contribution in [0.2, 0.25) is 0 Å². The molecule has 0 aliphatic carbocycles. The molecule has 0 saturated carbocycles. The van der Waals surface area contributed by atoms with E-state index >= 15 is 0 Å². The van der Waals surface area contributed by atoms with Gasteiger partial charge in [-0.3, -0.25) is 4.79 Å². The van der Waals surface area contributed by atoms with E-state index in [0.29, 0.717) is 0 Å². The standard InChI is InChI=1S/C12H20N4O4/c1-7(13)9(17)10(18)15-8-5-6-14-16(8)11(19)20-12(2,3)4/h5-7,9,17H,13H2,1-4H3,(H,15,18)/t7-,9?/m0/s1. The van der Waals surface area contributed by atoms with E-state index in [0.717, 1.165) is 4.68 Å². The second kappa shape index (κ2) is 6.02. The summed E-state index contributed by atoms with van der Waals surface area (Å²) in [6.07, 6.45) is -0.775. The molecule has 1 aromatic rings. The summed E-state index contributed by atoms with van der Waals surface area (Å²) in [5, 5.41) is 15.7. The van der Waals surface area contributed by atoms with E-state index in [4.69, 9.17) is 10.5 Å². The Hall–Kier alpha value is -1.93. The highest BCUT2D eigenvalue weighted by atomic mass is 16.6. The number of rotatable bonds is 3. The normalized spacial score (nSPS) is 14.5. The van der Waals surface area contributed by atoms with Crippen LogP contribution in [-0.4, -0.2) is 44.6 Å². The molecule has 8 nitrogen and oxygen atoms in total. The van der Waals surface area contributed by atoms with Crippen LogP contribution in [0.15, 0.2) is 12.3 Å². The zero-order valence-corrected chi connectivity index (χ0v) is 12.0. The Kier molecular flexibility index (Phi) is 4.85. The molecule has 0 aliphatic heterocycles. The Morgan fingerprint density at radius 1 is 1.50 bits per heavy atom. The van der Waals surface area contributed by atoms with Gasteiger partial charge in [-0.2, -0.15) is 5.10 Å². The number of aliphatic hydroxyl groups excluding tert-OH is 1. The van der Waals surface area contributed by atoms with Crippen LogP contribution in [0.3, 0.4) is 0 Å². The average Bonchev–Trinajstić information content (AvgIpc) is 2.73. The van der Waals surface area contributed by atoms with Gasteiger partial charge < -0.3 is 20.9 Å². The number of nitrogens with zero attached hydrogens (tertiary/aromatic N) is 2. The van der Waals surface area contributed by atoms with Crippen molar-refractivity contribution >= 4 is 17.8 Å². The van der Waals surface area contributed by atoms with Crippen LogP contribution in [0.5, 0.6) is 0 Å². The summed E-state index contributed by atoms with van der Waals surface area (Å²) < 4.78 is 6.04. The SMILES string of the molecule is C[C@H](N)C(O)C(=O)Nc1ccnn1C(=O)OC(C)(C)C. The fraction of sp³-hybridized carbons (Fsp3) is 0.583. The van der Waals surface area contributed by atoms with Crippen LogP contribution >= 0.6 is 0 Å². The second-order valence-corrected chi connectivity index (χ2v) is 5.40. The van der Waals surface area contributed by atoms with Crippen LogP contribution in [-0.2, 0) is 9.53 Å². The number of carbonyl (C=O) groups excluding carboxylic acids is 2. The first kappa shape index (κ1) is 16.1. The van der Waals surface area contributed by atoms with Crippen LogP contribution in [0.25, 0.3) is 0 Å². The van der Waals surface area contributed by atoms with Crippen molar-refractivity contribution in [2.45, 2.75) is 45.4 Å².